The number of aromatic nitrogens is 3. The molecule has 7 rings (SSSR count). The lowest BCUT2D eigenvalue weighted by atomic mass is 9.97. The maximum atomic E-state index is 14.1. The van der Waals surface area contributed by atoms with Crippen LogP contribution in [0.4, 0.5) is 5.69 Å². The Morgan fingerprint density at radius 1 is 0.983 bits per heavy atom. The van der Waals surface area contributed by atoms with Gasteiger partial charge < -0.3 is 29.8 Å². The number of nitrogens with zero attached hydrogens (tertiary/aromatic N) is 5. The number of likely N-dealkylation sites (tertiary alicyclic amines) is 1. The fourth-order valence-corrected chi connectivity index (χ4v) is 7.98. The minimum absolute atomic E-state index is 0.0334. The molecule has 3 N–H and O–H groups in total. The Kier molecular flexibility index (Phi) is 13.2. The van der Waals surface area contributed by atoms with Crippen LogP contribution in [0.2, 0.25) is 0 Å². The van der Waals surface area contributed by atoms with Crippen LogP contribution >= 0.6 is 0 Å². The number of piperidine rings is 1. The molecule has 1 aliphatic rings. The molecule has 1 saturated heterocycles. The molecule has 3 heterocycles. The Hall–Kier alpha value is -6.55. The predicted octanol–water partition coefficient (Wildman–Crippen LogP) is 7.00. The van der Waals surface area contributed by atoms with Crippen LogP contribution in [0.5, 0.6) is 0 Å². The number of imidazole rings is 1. The molecule has 12 nitrogen and oxygen atoms in total. The minimum Gasteiger partial charge on any atom is -0.436 e. The number of aryl methyl sites for hydroxylation is 1. The summed E-state index contributed by atoms with van der Waals surface area (Å²) in [5.41, 5.74) is 6.36. The van der Waals surface area contributed by atoms with Crippen LogP contribution in [-0.4, -0.2) is 93.7 Å². The maximum absolute atomic E-state index is 14.1. The number of nitrogens with one attached hydrogen (secondary N) is 3. The van der Waals surface area contributed by atoms with Gasteiger partial charge in [-0.25, -0.2) is 9.97 Å². The third-order valence-electron chi connectivity index (χ3n) is 11.1. The third kappa shape index (κ3) is 9.49. The number of rotatable bonds is 15. The van der Waals surface area contributed by atoms with E-state index in [0.717, 1.165) is 46.1 Å². The van der Waals surface area contributed by atoms with Gasteiger partial charge in [-0.1, -0.05) is 66.7 Å². The number of hydrogen-bond acceptors (Lipinski definition) is 8. The number of hydrogen-bond donors (Lipinski definition) is 3. The van der Waals surface area contributed by atoms with Crippen LogP contribution in [-0.2, 0) is 27.3 Å². The smallest absolute Gasteiger partial charge is 0.247 e. The second-order valence-corrected chi connectivity index (χ2v) is 15.6. The highest BCUT2D eigenvalue weighted by atomic mass is 16.4. The van der Waals surface area contributed by atoms with Crippen molar-refractivity contribution >= 4 is 34.4 Å². The SMILES string of the molecule is C#CCC(CNC)N(Cc1nc2ccc(-c3cnc(-c4ccc(C)c(NC(=O)C5CCCCN5C(=O)C(c5ccccc5)N(C)C)c4)o3)cc2[nH]1)C(=O)Cc1ccccc1. The number of aromatic amines is 1. The third-order valence-corrected chi connectivity index (χ3v) is 11.1. The predicted molar refractivity (Wildman–Crippen MR) is 234 cm³/mol. The Morgan fingerprint density at radius 3 is 2.47 bits per heavy atom. The van der Waals surface area contributed by atoms with Crippen LogP contribution < -0.4 is 10.6 Å². The van der Waals surface area contributed by atoms with Crippen molar-refractivity contribution in [3.05, 3.63) is 126 Å². The van der Waals surface area contributed by atoms with Crippen molar-refractivity contribution in [1.82, 2.24) is 35.0 Å². The molecule has 2 aromatic heterocycles. The highest BCUT2D eigenvalue weighted by Gasteiger charge is 2.37. The van der Waals surface area contributed by atoms with Crippen molar-refractivity contribution in [3.8, 4) is 35.1 Å². The highest BCUT2D eigenvalue weighted by Crippen LogP contribution is 2.32. The van der Waals surface area contributed by atoms with E-state index in [1.807, 2.05) is 130 Å². The molecular formula is C48H52N8O4. The van der Waals surface area contributed by atoms with E-state index in [0.29, 0.717) is 54.7 Å². The lowest BCUT2D eigenvalue weighted by molar-refractivity contribution is -0.144. The fraction of sp³-hybridized carbons (Fsp3) is 0.312. The first-order chi connectivity index (χ1) is 29.1. The Morgan fingerprint density at radius 2 is 1.73 bits per heavy atom. The largest absolute Gasteiger partial charge is 0.436 e. The number of amides is 3. The number of carbonyl (C=O) groups excluding carboxylic acids is 3. The quantitative estimate of drug-likeness (QED) is 0.0944. The van der Waals surface area contributed by atoms with Crippen molar-refractivity contribution in [1.29, 1.82) is 0 Å². The molecule has 1 aliphatic heterocycles. The van der Waals surface area contributed by atoms with E-state index in [-0.39, 0.29) is 36.7 Å². The zero-order valence-electron chi connectivity index (χ0n) is 34.7. The number of benzene rings is 4. The van der Waals surface area contributed by atoms with Gasteiger partial charge in [0.1, 0.15) is 17.9 Å². The van der Waals surface area contributed by atoms with Gasteiger partial charge in [0.05, 0.1) is 36.2 Å². The summed E-state index contributed by atoms with van der Waals surface area (Å²) in [5, 5.41) is 6.31. The van der Waals surface area contributed by atoms with E-state index in [1.54, 1.807) is 16.0 Å². The van der Waals surface area contributed by atoms with E-state index >= 15 is 0 Å². The molecule has 6 aromatic rings. The van der Waals surface area contributed by atoms with Crippen molar-refractivity contribution in [2.45, 2.75) is 63.7 Å². The first kappa shape index (κ1) is 41.6. The second-order valence-electron chi connectivity index (χ2n) is 15.6. The van der Waals surface area contributed by atoms with Gasteiger partial charge in [0, 0.05) is 36.3 Å². The molecule has 3 unspecified atom stereocenters. The Labute approximate surface area is 351 Å². The monoisotopic (exact) mass is 804 g/mol. The number of anilines is 1. The number of likely N-dealkylation sites (N-methyl/N-ethyl adjacent to an activating group) is 2. The van der Waals surface area contributed by atoms with Gasteiger partial charge in [-0.3, -0.25) is 19.3 Å². The van der Waals surface area contributed by atoms with E-state index in [2.05, 4.69) is 26.5 Å². The van der Waals surface area contributed by atoms with Gasteiger partial charge in [-0.2, -0.15) is 0 Å². The summed E-state index contributed by atoms with van der Waals surface area (Å²) in [4.78, 5) is 60.0. The van der Waals surface area contributed by atoms with E-state index in [9.17, 15) is 14.4 Å². The summed E-state index contributed by atoms with van der Waals surface area (Å²) in [7, 11) is 5.63. The molecule has 3 amide bonds. The second kappa shape index (κ2) is 19.0. The summed E-state index contributed by atoms with van der Waals surface area (Å²) >= 11 is 0. The van der Waals surface area contributed by atoms with E-state index in [4.69, 9.17) is 15.8 Å². The van der Waals surface area contributed by atoms with Gasteiger partial charge in [-0.15, -0.1) is 12.3 Å². The molecule has 60 heavy (non-hydrogen) atoms. The summed E-state index contributed by atoms with van der Waals surface area (Å²) in [6.07, 6.45) is 10.4. The standard InChI is InChI=1S/C48H52N8O4/c1-6-15-37(29-49-3)56(44(57)26-33-16-9-7-10-17-33)31-43-51-38-24-23-35(27-40(38)52-43)42-30-50-47(60-42)36-22-21-32(2)39(28-36)53-46(58)41-20-13-14-25-55(41)48(59)45(54(4)5)34-18-11-8-12-19-34/h1,7-12,16-19,21-24,27-28,30,37,41,45,49H,13-15,20,25-26,29,31H2,2-5H3,(H,51,52)(H,53,58). The van der Waals surface area contributed by atoms with Crippen molar-refractivity contribution in [2.24, 2.45) is 0 Å². The first-order valence-electron chi connectivity index (χ1n) is 20.4. The zero-order chi connectivity index (χ0) is 42.2. The Bertz CT molecular complexity index is 2470. The average Bonchev–Trinajstić information content (AvgIpc) is 3.92. The maximum Gasteiger partial charge on any atom is 0.247 e. The van der Waals surface area contributed by atoms with Gasteiger partial charge in [-0.05, 0) is 94.4 Å². The number of oxazole rings is 1. The van der Waals surface area contributed by atoms with Gasteiger partial charge in [0.25, 0.3) is 0 Å². The van der Waals surface area contributed by atoms with Crippen LogP contribution in [0, 0.1) is 19.3 Å². The fourth-order valence-electron chi connectivity index (χ4n) is 7.98. The van der Waals surface area contributed by atoms with Crippen molar-refractivity contribution in [2.75, 3.05) is 39.5 Å². The molecule has 0 saturated carbocycles. The summed E-state index contributed by atoms with van der Waals surface area (Å²) in [5.74, 6) is 4.00. The molecule has 0 aliphatic carbocycles. The van der Waals surface area contributed by atoms with Crippen LogP contribution in [0.3, 0.4) is 0 Å². The number of terminal acetylenes is 1. The lowest BCUT2D eigenvalue weighted by Crippen LogP contribution is -2.53. The normalized spacial score (nSPS) is 15.1. The molecule has 4 aromatic carbocycles. The van der Waals surface area contributed by atoms with E-state index < -0.39 is 12.1 Å². The van der Waals surface area contributed by atoms with Gasteiger partial charge in [0.15, 0.2) is 5.76 Å². The van der Waals surface area contributed by atoms with Gasteiger partial charge >= 0.3 is 0 Å². The molecule has 0 radical (unpaired) electrons. The topological polar surface area (TPSA) is 140 Å². The molecule has 1 fully saturated rings. The number of H-pyrrole nitrogens is 1. The Balaban J connectivity index is 1.07. The van der Waals surface area contributed by atoms with Crippen molar-refractivity contribution in [3.63, 3.8) is 0 Å². The lowest BCUT2D eigenvalue weighted by Gasteiger charge is -2.38. The summed E-state index contributed by atoms with van der Waals surface area (Å²) < 4.78 is 6.31. The molecular weight excluding hydrogens is 753 g/mol. The average molecular weight is 805 g/mol. The molecule has 308 valence electrons. The van der Waals surface area contributed by atoms with Gasteiger partial charge in [0.2, 0.25) is 23.6 Å². The summed E-state index contributed by atoms with van der Waals surface area (Å²) in [6, 6.07) is 29.6. The molecule has 0 bridgehead atoms. The highest BCUT2D eigenvalue weighted by molar-refractivity contribution is 5.99. The number of fused-ring (bicyclic) bond motifs is 1. The zero-order valence-corrected chi connectivity index (χ0v) is 34.7. The number of carbonyl (C=O) groups is 3. The molecule has 12 heteroatoms. The van der Waals surface area contributed by atoms with E-state index in [1.165, 1.54) is 0 Å². The van der Waals surface area contributed by atoms with Crippen LogP contribution in [0.25, 0.3) is 33.8 Å². The summed E-state index contributed by atoms with van der Waals surface area (Å²) in [6.45, 7) is 3.27. The first-order valence-corrected chi connectivity index (χ1v) is 20.4. The minimum atomic E-state index is -0.595. The van der Waals surface area contributed by atoms with Crippen LogP contribution in [0.1, 0.15) is 54.2 Å². The molecule has 0 spiro atoms. The molecule has 3 atom stereocenters. The van der Waals surface area contributed by atoms with Crippen molar-refractivity contribution < 1.29 is 18.8 Å². The van der Waals surface area contributed by atoms with Crippen LogP contribution in [0.15, 0.2) is 108 Å².